The number of hydrogen-bond acceptors (Lipinski definition) is 10. The van der Waals surface area contributed by atoms with Gasteiger partial charge >= 0.3 is 11.4 Å². The smallest absolute Gasteiger partial charge is 0.327 e. The maximum Gasteiger partial charge on any atom is 0.327 e. The molecule has 0 spiro atoms. The first-order chi connectivity index (χ1) is 11.4. The van der Waals surface area contributed by atoms with Gasteiger partial charge in [-0.05, 0) is 0 Å². The highest BCUT2D eigenvalue weighted by Gasteiger charge is 2.37. The number of anilines is 2. The Kier molecular flexibility index (Phi) is 3.25. The quantitative estimate of drug-likeness (QED) is 0.367. The maximum absolute atomic E-state index is 11.5. The molecule has 14 heteroatoms. The number of nitrogen functional groups attached to an aromatic ring is 2. The van der Waals surface area contributed by atoms with Crippen LogP contribution in [0.2, 0.25) is 0 Å². The highest BCUT2D eigenvalue weighted by Crippen LogP contribution is 2.45. The molecule has 4 N–H and O–H groups in total. The van der Waals surface area contributed by atoms with Crippen LogP contribution in [0.25, 0.3) is 11.4 Å². The van der Waals surface area contributed by atoms with Crippen molar-refractivity contribution in [3.8, 4) is 11.4 Å². The molecule has 0 fully saturated rings. The van der Waals surface area contributed by atoms with Gasteiger partial charge in [-0.3, -0.25) is 20.2 Å². The van der Waals surface area contributed by atoms with Crippen molar-refractivity contribution < 1.29 is 9.85 Å². The molecule has 2 aromatic heterocycles. The number of nitro groups is 2. The first-order valence-electron chi connectivity index (χ1n) is 6.17. The second kappa shape index (κ2) is 5.27. The van der Waals surface area contributed by atoms with Crippen LogP contribution in [0.1, 0.15) is 0 Å². The van der Waals surface area contributed by atoms with Gasteiger partial charge < -0.3 is 11.5 Å². The Bertz CT molecular complexity index is 933. The molecule has 0 atom stereocenters. The number of aromatic nitrogens is 6. The van der Waals surface area contributed by atoms with E-state index in [1.54, 1.807) is 0 Å². The Morgan fingerprint density at radius 2 is 1.33 bits per heavy atom. The minimum absolute atomic E-state index is 0.161. The SMILES string of the molecule is Nc1c(-n2cncn2)c(-n2cncn2)c([N+](=O)[O-])c(N)c1[N+](=O)[O-]. The third kappa shape index (κ3) is 2.05. The van der Waals surface area contributed by atoms with Gasteiger partial charge in [0.05, 0.1) is 9.85 Å². The number of benzene rings is 1. The molecule has 122 valence electrons. The van der Waals surface area contributed by atoms with Gasteiger partial charge in [0.1, 0.15) is 36.7 Å². The molecule has 0 bridgehead atoms. The van der Waals surface area contributed by atoms with E-state index in [2.05, 4.69) is 20.2 Å². The molecule has 3 rings (SSSR count). The van der Waals surface area contributed by atoms with Gasteiger partial charge in [-0.1, -0.05) is 0 Å². The summed E-state index contributed by atoms with van der Waals surface area (Å²) in [6.45, 7) is 0. The van der Waals surface area contributed by atoms with Crippen LogP contribution in [0, 0.1) is 20.2 Å². The number of nitrogens with zero attached hydrogens (tertiary/aromatic N) is 8. The number of nitrogens with two attached hydrogens (primary N) is 2. The monoisotopic (exact) mass is 332 g/mol. The average Bonchev–Trinajstić information content (AvgIpc) is 3.19. The van der Waals surface area contributed by atoms with Gasteiger partial charge in [0.25, 0.3) is 0 Å². The van der Waals surface area contributed by atoms with Crippen LogP contribution < -0.4 is 11.5 Å². The van der Waals surface area contributed by atoms with Crippen LogP contribution in [-0.2, 0) is 0 Å². The molecule has 0 aliphatic rings. The molecule has 1 aromatic carbocycles. The van der Waals surface area contributed by atoms with Gasteiger partial charge in [0, 0.05) is 0 Å². The largest absolute Gasteiger partial charge is 0.391 e. The van der Waals surface area contributed by atoms with E-state index in [4.69, 9.17) is 11.5 Å². The molecule has 0 saturated carbocycles. The molecule has 0 saturated heterocycles. The molecule has 3 aromatic rings. The Hall–Kier alpha value is -4.10. The molecule has 0 aliphatic carbocycles. The summed E-state index contributed by atoms with van der Waals surface area (Å²) in [5, 5.41) is 30.4. The Morgan fingerprint density at radius 1 is 0.833 bits per heavy atom. The molecular formula is C10H8N10O4. The lowest BCUT2D eigenvalue weighted by molar-refractivity contribution is -0.391. The summed E-state index contributed by atoms with van der Waals surface area (Å²) in [5.41, 5.74) is 8.47. The van der Waals surface area contributed by atoms with Gasteiger partial charge in [-0.2, -0.15) is 10.2 Å². The molecule has 0 amide bonds. The zero-order valence-corrected chi connectivity index (χ0v) is 11.7. The first-order valence-corrected chi connectivity index (χ1v) is 6.17. The van der Waals surface area contributed by atoms with Crippen LogP contribution in [-0.4, -0.2) is 39.4 Å². The van der Waals surface area contributed by atoms with E-state index in [1.165, 1.54) is 6.33 Å². The Labute approximate surface area is 131 Å². The van der Waals surface area contributed by atoms with Crippen LogP contribution in [0.5, 0.6) is 0 Å². The number of nitro benzene ring substituents is 2. The predicted octanol–water partition coefficient (Wildman–Crippen LogP) is -0.171. The lowest BCUT2D eigenvalue weighted by Crippen LogP contribution is -2.15. The summed E-state index contributed by atoms with van der Waals surface area (Å²) in [4.78, 5) is 28.4. The average molecular weight is 332 g/mol. The summed E-state index contributed by atoms with van der Waals surface area (Å²) in [6, 6.07) is 0. The van der Waals surface area contributed by atoms with Crippen molar-refractivity contribution in [3.05, 3.63) is 45.5 Å². The summed E-state index contributed by atoms with van der Waals surface area (Å²) in [7, 11) is 0. The van der Waals surface area contributed by atoms with Crippen molar-refractivity contribution >= 4 is 22.7 Å². The fourth-order valence-corrected chi connectivity index (χ4v) is 2.21. The molecule has 2 heterocycles. The molecule has 0 unspecified atom stereocenters. The van der Waals surface area contributed by atoms with E-state index in [-0.39, 0.29) is 11.4 Å². The minimum atomic E-state index is -0.900. The standard InChI is InChI=1S/C10H8N10O4/c11-5-7(19(21)22)6(12)9(20(23)24)10(18-4-14-2-16-18)8(5)17-3-13-1-15-17/h1-4H,11-12H2. The van der Waals surface area contributed by atoms with Gasteiger partial charge in [0.15, 0.2) is 11.4 Å². The molecular weight excluding hydrogens is 324 g/mol. The van der Waals surface area contributed by atoms with Crippen molar-refractivity contribution in [2.75, 3.05) is 11.5 Å². The van der Waals surface area contributed by atoms with Crippen LogP contribution in [0.3, 0.4) is 0 Å². The fourth-order valence-electron chi connectivity index (χ4n) is 2.21. The highest BCUT2D eigenvalue weighted by atomic mass is 16.6. The zero-order chi connectivity index (χ0) is 17.4. The molecule has 14 nitrogen and oxygen atoms in total. The fraction of sp³-hybridized carbons (Fsp3) is 0. The molecule has 0 radical (unpaired) electrons. The summed E-state index contributed by atoms with van der Waals surface area (Å²) >= 11 is 0. The van der Waals surface area contributed by atoms with Crippen LogP contribution in [0.15, 0.2) is 25.3 Å². The number of rotatable bonds is 4. The van der Waals surface area contributed by atoms with Gasteiger partial charge in [-0.25, -0.2) is 19.3 Å². The Balaban J connectivity index is 2.54. The van der Waals surface area contributed by atoms with Gasteiger partial charge in [-0.15, -0.1) is 0 Å². The van der Waals surface area contributed by atoms with Crippen molar-refractivity contribution in [2.24, 2.45) is 0 Å². The molecule has 24 heavy (non-hydrogen) atoms. The second-order valence-corrected chi connectivity index (χ2v) is 4.42. The maximum atomic E-state index is 11.5. The summed E-state index contributed by atoms with van der Waals surface area (Å²) in [6.07, 6.45) is 4.60. The van der Waals surface area contributed by atoms with Crippen molar-refractivity contribution in [3.63, 3.8) is 0 Å². The minimum Gasteiger partial charge on any atom is -0.391 e. The first kappa shape index (κ1) is 14.8. The lowest BCUT2D eigenvalue weighted by Gasteiger charge is -2.14. The second-order valence-electron chi connectivity index (χ2n) is 4.42. The summed E-state index contributed by atoms with van der Waals surface area (Å²) in [5.74, 6) is 0. The number of hydrogen-bond donors (Lipinski definition) is 2. The van der Waals surface area contributed by atoms with E-state index < -0.39 is 32.6 Å². The van der Waals surface area contributed by atoms with Crippen molar-refractivity contribution in [1.29, 1.82) is 0 Å². The van der Waals surface area contributed by atoms with Crippen LogP contribution >= 0.6 is 0 Å². The summed E-state index contributed by atoms with van der Waals surface area (Å²) < 4.78 is 2.07. The van der Waals surface area contributed by atoms with Crippen LogP contribution in [0.4, 0.5) is 22.7 Å². The predicted molar refractivity (Wildman–Crippen MR) is 78.4 cm³/mol. The Morgan fingerprint density at radius 3 is 1.75 bits per heavy atom. The van der Waals surface area contributed by atoms with E-state index in [0.717, 1.165) is 28.3 Å². The third-order valence-electron chi connectivity index (χ3n) is 3.13. The highest BCUT2D eigenvalue weighted by molar-refractivity contribution is 5.93. The molecule has 0 aliphatic heterocycles. The normalized spacial score (nSPS) is 10.7. The van der Waals surface area contributed by atoms with E-state index in [9.17, 15) is 20.2 Å². The zero-order valence-electron chi connectivity index (χ0n) is 11.7. The van der Waals surface area contributed by atoms with E-state index >= 15 is 0 Å². The van der Waals surface area contributed by atoms with Crippen molar-refractivity contribution in [2.45, 2.75) is 0 Å². The third-order valence-corrected chi connectivity index (χ3v) is 3.13. The van der Waals surface area contributed by atoms with Gasteiger partial charge in [0.2, 0.25) is 0 Å². The van der Waals surface area contributed by atoms with Crippen molar-refractivity contribution in [1.82, 2.24) is 29.5 Å². The topological polar surface area (TPSA) is 200 Å². The van der Waals surface area contributed by atoms with E-state index in [0.29, 0.717) is 0 Å². The lowest BCUT2D eigenvalue weighted by atomic mass is 10.1. The van der Waals surface area contributed by atoms with E-state index in [1.807, 2.05) is 0 Å².